The summed E-state index contributed by atoms with van der Waals surface area (Å²) in [6.07, 6.45) is 6.53. The number of morpholine rings is 1. The van der Waals surface area contributed by atoms with Crippen LogP contribution < -0.4 is 19.7 Å². The first-order chi connectivity index (χ1) is 21.3. The van der Waals surface area contributed by atoms with Gasteiger partial charge in [-0.3, -0.25) is 9.20 Å². The molecule has 0 amide bonds. The number of allylic oxidation sites excluding steroid dienone is 1. The minimum Gasteiger partial charge on any atom is -0.495 e. The van der Waals surface area contributed by atoms with Crippen molar-refractivity contribution in [2.75, 3.05) is 50.7 Å². The Morgan fingerprint density at radius 3 is 2.45 bits per heavy atom. The van der Waals surface area contributed by atoms with Gasteiger partial charge in [0.1, 0.15) is 17.1 Å². The van der Waals surface area contributed by atoms with Crippen molar-refractivity contribution in [1.29, 1.82) is 0 Å². The summed E-state index contributed by atoms with van der Waals surface area (Å²) in [6, 6.07) is 7.33. The molecule has 3 aromatic heterocycles. The van der Waals surface area contributed by atoms with E-state index in [0.29, 0.717) is 78.8 Å². The second-order valence-corrected chi connectivity index (χ2v) is 11.1. The van der Waals surface area contributed by atoms with Crippen molar-refractivity contribution in [2.45, 2.75) is 6.42 Å². The molecule has 13 heteroatoms. The van der Waals surface area contributed by atoms with E-state index in [2.05, 4.69) is 26.8 Å². The normalized spacial score (nSPS) is 13.3. The number of ether oxygens (including phenoxy) is 3. The lowest BCUT2D eigenvalue weighted by atomic mass is 10.0. The number of pyridine rings is 1. The van der Waals surface area contributed by atoms with Crippen LogP contribution in [0.15, 0.2) is 55.5 Å². The standard InChI is InChI=1S/C31H27Cl3N6O4/c1-4-20(41)12-17-11-19(39-7-9-44-10-8-39)14-22(32)28(17)37-31-36-16-18-13-21(30-35-5-6-40(30)29(18)38-31)25-26(33)23(42-2)15-24(43-3)27(25)34/h4-6,11,13-16H,1,7-10,12H2,2-3H3,(H,36,37,38). The first-order valence-corrected chi connectivity index (χ1v) is 14.8. The average Bonchev–Trinajstić information content (AvgIpc) is 3.54. The second kappa shape index (κ2) is 12.5. The maximum absolute atomic E-state index is 12.5. The number of imidazole rings is 1. The van der Waals surface area contributed by atoms with Crippen LogP contribution in [0.4, 0.5) is 17.3 Å². The lowest BCUT2D eigenvalue weighted by Gasteiger charge is -2.30. The van der Waals surface area contributed by atoms with Crippen molar-refractivity contribution < 1.29 is 19.0 Å². The van der Waals surface area contributed by atoms with Gasteiger partial charge in [-0.2, -0.15) is 4.98 Å². The van der Waals surface area contributed by atoms with E-state index >= 15 is 0 Å². The van der Waals surface area contributed by atoms with Gasteiger partial charge in [0.05, 0.1) is 48.2 Å². The van der Waals surface area contributed by atoms with Crippen molar-refractivity contribution in [3.63, 3.8) is 0 Å². The molecular weight excluding hydrogens is 627 g/mol. The van der Waals surface area contributed by atoms with Gasteiger partial charge in [-0.15, -0.1) is 0 Å². The molecule has 5 aromatic rings. The number of carbonyl (C=O) groups excluding carboxylic acids is 1. The fourth-order valence-corrected chi connectivity index (χ4v) is 6.22. The Balaban J connectivity index is 1.45. The summed E-state index contributed by atoms with van der Waals surface area (Å²) in [5, 5.41) is 5.02. The third-order valence-corrected chi connectivity index (χ3v) is 8.46. The molecule has 0 saturated carbocycles. The number of methoxy groups -OCH3 is 2. The highest BCUT2D eigenvalue weighted by Crippen LogP contribution is 2.47. The maximum Gasteiger partial charge on any atom is 0.229 e. The largest absolute Gasteiger partial charge is 0.495 e. The van der Waals surface area contributed by atoms with Crippen LogP contribution in [0.5, 0.6) is 11.5 Å². The van der Waals surface area contributed by atoms with E-state index in [0.717, 1.165) is 18.8 Å². The Hall–Kier alpha value is -4.09. The summed E-state index contributed by atoms with van der Waals surface area (Å²) in [5.74, 6) is 0.964. The molecule has 226 valence electrons. The van der Waals surface area contributed by atoms with Crippen LogP contribution in [-0.4, -0.2) is 65.7 Å². The van der Waals surface area contributed by atoms with E-state index in [1.807, 2.05) is 22.6 Å². The zero-order chi connectivity index (χ0) is 31.0. The van der Waals surface area contributed by atoms with Crippen LogP contribution in [0.3, 0.4) is 0 Å². The quantitative estimate of drug-likeness (QED) is 0.172. The molecule has 0 unspecified atom stereocenters. The molecule has 6 rings (SSSR count). The van der Waals surface area contributed by atoms with Gasteiger partial charge in [0, 0.05) is 66.4 Å². The number of hydrogen-bond acceptors (Lipinski definition) is 9. The lowest BCUT2D eigenvalue weighted by molar-refractivity contribution is -0.114. The molecule has 0 bridgehead atoms. The number of aromatic nitrogens is 4. The predicted molar refractivity (Wildman–Crippen MR) is 174 cm³/mol. The van der Waals surface area contributed by atoms with E-state index in [1.165, 1.54) is 20.3 Å². The zero-order valence-electron chi connectivity index (χ0n) is 23.9. The van der Waals surface area contributed by atoms with Gasteiger partial charge < -0.3 is 24.4 Å². The molecule has 0 radical (unpaired) electrons. The number of anilines is 3. The Morgan fingerprint density at radius 2 is 1.77 bits per heavy atom. The van der Waals surface area contributed by atoms with E-state index in [1.54, 1.807) is 24.7 Å². The molecule has 1 fully saturated rings. The maximum atomic E-state index is 12.5. The van der Waals surface area contributed by atoms with E-state index in [-0.39, 0.29) is 18.2 Å². The second-order valence-electron chi connectivity index (χ2n) is 9.97. The van der Waals surface area contributed by atoms with Gasteiger partial charge in [-0.25, -0.2) is 9.97 Å². The first-order valence-electron chi connectivity index (χ1n) is 13.6. The minimum absolute atomic E-state index is 0.109. The summed E-state index contributed by atoms with van der Waals surface area (Å²) in [5.41, 5.74) is 4.44. The average molecular weight is 654 g/mol. The monoisotopic (exact) mass is 652 g/mol. The van der Waals surface area contributed by atoms with Gasteiger partial charge in [0.25, 0.3) is 0 Å². The third-order valence-electron chi connectivity index (χ3n) is 7.41. The molecule has 1 aliphatic heterocycles. The molecule has 1 aliphatic rings. The number of ketones is 1. The zero-order valence-corrected chi connectivity index (χ0v) is 26.1. The predicted octanol–water partition coefficient (Wildman–Crippen LogP) is 6.80. The van der Waals surface area contributed by atoms with Gasteiger partial charge in [-0.05, 0) is 29.8 Å². The van der Waals surface area contributed by atoms with E-state index in [4.69, 9.17) is 54.0 Å². The number of fused-ring (bicyclic) bond motifs is 3. The Kier molecular flexibility index (Phi) is 8.50. The molecule has 2 aromatic carbocycles. The summed E-state index contributed by atoms with van der Waals surface area (Å²) in [4.78, 5) is 28.6. The van der Waals surface area contributed by atoms with E-state index < -0.39 is 0 Å². The van der Waals surface area contributed by atoms with Gasteiger partial charge in [-0.1, -0.05) is 41.4 Å². The molecule has 0 atom stereocenters. The Bertz CT molecular complexity index is 1890. The molecule has 0 aliphatic carbocycles. The number of nitrogens with one attached hydrogen (secondary N) is 1. The molecule has 10 nitrogen and oxygen atoms in total. The highest BCUT2D eigenvalue weighted by atomic mass is 35.5. The van der Waals surface area contributed by atoms with Crippen LogP contribution in [0.1, 0.15) is 5.56 Å². The summed E-state index contributed by atoms with van der Waals surface area (Å²) >= 11 is 20.3. The summed E-state index contributed by atoms with van der Waals surface area (Å²) < 4.78 is 18.3. The highest BCUT2D eigenvalue weighted by Gasteiger charge is 2.23. The Labute approximate surface area is 268 Å². The molecular formula is C31H27Cl3N6O4. The van der Waals surface area contributed by atoms with Crippen molar-refractivity contribution >= 4 is 74.6 Å². The highest BCUT2D eigenvalue weighted by molar-refractivity contribution is 6.41. The first kappa shape index (κ1) is 30.0. The van der Waals surface area contributed by atoms with Crippen LogP contribution in [0.25, 0.3) is 27.8 Å². The van der Waals surface area contributed by atoms with Crippen LogP contribution >= 0.6 is 34.8 Å². The van der Waals surface area contributed by atoms with Crippen molar-refractivity contribution in [1.82, 2.24) is 19.4 Å². The molecule has 1 N–H and O–H groups in total. The van der Waals surface area contributed by atoms with Crippen molar-refractivity contribution in [2.24, 2.45) is 0 Å². The molecule has 4 heterocycles. The van der Waals surface area contributed by atoms with Crippen LogP contribution in [0, 0.1) is 0 Å². The molecule has 44 heavy (non-hydrogen) atoms. The van der Waals surface area contributed by atoms with Crippen molar-refractivity contribution in [3.8, 4) is 22.6 Å². The third kappa shape index (κ3) is 5.50. The number of benzene rings is 2. The number of hydrogen-bond donors (Lipinski definition) is 1. The van der Waals surface area contributed by atoms with Crippen LogP contribution in [-0.2, 0) is 16.0 Å². The van der Waals surface area contributed by atoms with Crippen molar-refractivity contribution in [3.05, 3.63) is 76.1 Å². The number of halogens is 3. The molecule has 0 spiro atoms. The molecule has 1 saturated heterocycles. The fraction of sp³-hybridized carbons (Fsp3) is 0.226. The van der Waals surface area contributed by atoms with Gasteiger partial charge in [0.2, 0.25) is 5.95 Å². The fourth-order valence-electron chi connectivity index (χ4n) is 5.24. The van der Waals surface area contributed by atoms with Crippen LogP contribution in [0.2, 0.25) is 15.1 Å². The van der Waals surface area contributed by atoms with Gasteiger partial charge in [0.15, 0.2) is 11.4 Å². The minimum atomic E-state index is -0.137. The SMILES string of the molecule is C=CC(=O)Cc1cc(N2CCOCC2)cc(Cl)c1Nc1ncc2cc(-c3c(Cl)c(OC)cc(OC)c3Cl)c3nccn3c2n1. The summed E-state index contributed by atoms with van der Waals surface area (Å²) in [7, 11) is 3.04. The number of carbonyl (C=O) groups is 1. The smallest absolute Gasteiger partial charge is 0.229 e. The topological polar surface area (TPSA) is 103 Å². The number of rotatable bonds is 9. The van der Waals surface area contributed by atoms with Gasteiger partial charge >= 0.3 is 0 Å². The van der Waals surface area contributed by atoms with E-state index in [9.17, 15) is 4.79 Å². The number of nitrogens with zero attached hydrogens (tertiary/aromatic N) is 5. The Morgan fingerprint density at radius 1 is 1.05 bits per heavy atom. The lowest BCUT2D eigenvalue weighted by Crippen LogP contribution is -2.36. The summed E-state index contributed by atoms with van der Waals surface area (Å²) in [6.45, 7) is 6.33.